The van der Waals surface area contributed by atoms with Crippen LogP contribution in [0.25, 0.3) is 0 Å². The molecule has 0 heterocycles. The van der Waals surface area contributed by atoms with E-state index < -0.39 is 12.0 Å². The molecule has 2 saturated carbocycles. The summed E-state index contributed by atoms with van der Waals surface area (Å²) in [5.74, 6) is -0.275. The Balaban J connectivity index is 1.99. The van der Waals surface area contributed by atoms with E-state index in [9.17, 15) is 9.59 Å². The molecule has 0 aromatic heterocycles. The number of hydrogen-bond acceptors (Lipinski definition) is 2. The van der Waals surface area contributed by atoms with E-state index >= 15 is 0 Å². The van der Waals surface area contributed by atoms with E-state index in [0.29, 0.717) is 18.4 Å². The number of hydrogen-bond donors (Lipinski definition) is 1. The molecule has 0 bridgehead atoms. The largest absolute Gasteiger partial charge is 0.480 e. The van der Waals surface area contributed by atoms with Gasteiger partial charge in [0.05, 0.1) is 0 Å². The van der Waals surface area contributed by atoms with Crippen molar-refractivity contribution in [3.63, 3.8) is 0 Å². The van der Waals surface area contributed by atoms with Gasteiger partial charge in [-0.1, -0.05) is 6.92 Å². The lowest BCUT2D eigenvalue weighted by Gasteiger charge is -2.31. The Kier molecular flexibility index (Phi) is 3.78. The highest BCUT2D eigenvalue weighted by atomic mass is 16.4. The molecule has 2 fully saturated rings. The standard InChI is InChI=1S/C13H22N2O3/c1-3-11(12(16)17)14(2)13(18)15(10-6-7-10)8-9-4-5-9/h9-11H,3-8H2,1-2H3,(H,16,17). The van der Waals surface area contributed by atoms with Gasteiger partial charge < -0.3 is 14.9 Å². The number of nitrogens with zero attached hydrogens (tertiary/aromatic N) is 2. The highest BCUT2D eigenvalue weighted by molar-refractivity contribution is 5.82. The van der Waals surface area contributed by atoms with Gasteiger partial charge in [-0.25, -0.2) is 9.59 Å². The predicted molar refractivity (Wildman–Crippen MR) is 67.3 cm³/mol. The van der Waals surface area contributed by atoms with Crippen molar-refractivity contribution in [3.05, 3.63) is 0 Å². The number of carboxylic acid groups (broad SMARTS) is 1. The molecule has 1 N–H and O–H groups in total. The number of carboxylic acids is 1. The first-order chi connectivity index (χ1) is 8.54. The monoisotopic (exact) mass is 254 g/mol. The fourth-order valence-electron chi connectivity index (χ4n) is 2.30. The maximum absolute atomic E-state index is 12.4. The second-order valence-electron chi connectivity index (χ2n) is 5.48. The third-order valence-electron chi connectivity index (χ3n) is 3.83. The van der Waals surface area contributed by atoms with Crippen LogP contribution in [0.2, 0.25) is 0 Å². The Morgan fingerprint density at radius 2 is 1.89 bits per heavy atom. The molecule has 2 aliphatic carbocycles. The summed E-state index contributed by atoms with van der Waals surface area (Å²) in [6.07, 6.45) is 4.98. The van der Waals surface area contributed by atoms with Gasteiger partial charge in [0.2, 0.25) is 0 Å². The third kappa shape index (κ3) is 2.94. The van der Waals surface area contributed by atoms with Crippen LogP contribution >= 0.6 is 0 Å². The number of aliphatic carboxylic acids is 1. The molecule has 0 aromatic carbocycles. The van der Waals surface area contributed by atoms with E-state index in [1.165, 1.54) is 17.7 Å². The van der Waals surface area contributed by atoms with Crippen LogP contribution in [0.3, 0.4) is 0 Å². The topological polar surface area (TPSA) is 60.9 Å². The van der Waals surface area contributed by atoms with Crippen molar-refractivity contribution in [2.75, 3.05) is 13.6 Å². The number of rotatable bonds is 6. The van der Waals surface area contributed by atoms with Gasteiger partial charge in [-0.2, -0.15) is 0 Å². The van der Waals surface area contributed by atoms with Crippen LogP contribution in [-0.4, -0.2) is 52.6 Å². The lowest BCUT2D eigenvalue weighted by atomic mass is 10.2. The van der Waals surface area contributed by atoms with Crippen LogP contribution in [0.4, 0.5) is 4.79 Å². The summed E-state index contributed by atoms with van der Waals surface area (Å²) < 4.78 is 0. The summed E-state index contributed by atoms with van der Waals surface area (Å²) in [6.45, 7) is 2.61. The number of amides is 2. The lowest BCUT2D eigenvalue weighted by molar-refractivity contribution is -0.142. The minimum absolute atomic E-state index is 0.112. The maximum atomic E-state index is 12.4. The van der Waals surface area contributed by atoms with Crippen molar-refractivity contribution < 1.29 is 14.7 Å². The van der Waals surface area contributed by atoms with E-state index in [1.807, 2.05) is 4.90 Å². The molecule has 0 aromatic rings. The second kappa shape index (κ2) is 5.16. The Labute approximate surface area is 108 Å². The van der Waals surface area contributed by atoms with Crippen molar-refractivity contribution >= 4 is 12.0 Å². The molecule has 102 valence electrons. The molecular formula is C13H22N2O3. The summed E-state index contributed by atoms with van der Waals surface area (Å²) in [6, 6.07) is -0.469. The SMILES string of the molecule is CCC(C(=O)O)N(C)C(=O)N(CC1CC1)C1CC1. The Bertz CT molecular complexity index is 337. The summed E-state index contributed by atoms with van der Waals surface area (Å²) in [5, 5.41) is 9.11. The van der Waals surface area contributed by atoms with Crippen LogP contribution in [0.1, 0.15) is 39.0 Å². The molecule has 1 atom stereocenters. The van der Waals surface area contributed by atoms with Gasteiger partial charge in [0.25, 0.3) is 0 Å². The van der Waals surface area contributed by atoms with Crippen molar-refractivity contribution in [1.29, 1.82) is 0 Å². The molecular weight excluding hydrogens is 232 g/mol. The van der Waals surface area contributed by atoms with E-state index in [2.05, 4.69) is 0 Å². The Hall–Kier alpha value is -1.26. The molecule has 1 unspecified atom stereocenters. The zero-order valence-electron chi connectivity index (χ0n) is 11.1. The molecule has 5 heteroatoms. The second-order valence-corrected chi connectivity index (χ2v) is 5.48. The van der Waals surface area contributed by atoms with Gasteiger partial charge >= 0.3 is 12.0 Å². The molecule has 5 nitrogen and oxygen atoms in total. The van der Waals surface area contributed by atoms with Gasteiger partial charge in [-0.15, -0.1) is 0 Å². The first-order valence-electron chi connectivity index (χ1n) is 6.80. The zero-order chi connectivity index (χ0) is 13.3. The quantitative estimate of drug-likeness (QED) is 0.786. The van der Waals surface area contributed by atoms with Crippen LogP contribution < -0.4 is 0 Å². The minimum Gasteiger partial charge on any atom is -0.480 e. The minimum atomic E-state index is -0.921. The molecule has 2 amide bonds. The van der Waals surface area contributed by atoms with Crippen LogP contribution in [0.15, 0.2) is 0 Å². The van der Waals surface area contributed by atoms with Gasteiger partial charge in [0.15, 0.2) is 0 Å². The van der Waals surface area contributed by atoms with Gasteiger partial charge in [0, 0.05) is 19.6 Å². The Morgan fingerprint density at radius 3 is 2.28 bits per heavy atom. The van der Waals surface area contributed by atoms with Crippen molar-refractivity contribution in [3.8, 4) is 0 Å². The fourth-order valence-corrected chi connectivity index (χ4v) is 2.30. The molecule has 0 radical (unpaired) electrons. The summed E-state index contributed by atoms with van der Waals surface area (Å²) in [4.78, 5) is 26.8. The Morgan fingerprint density at radius 1 is 1.28 bits per heavy atom. The molecule has 18 heavy (non-hydrogen) atoms. The van der Waals surface area contributed by atoms with E-state index in [1.54, 1.807) is 14.0 Å². The van der Waals surface area contributed by atoms with Crippen LogP contribution in [0, 0.1) is 5.92 Å². The highest BCUT2D eigenvalue weighted by Gasteiger charge is 2.39. The predicted octanol–water partition coefficient (Wildman–Crippen LogP) is 1.78. The average molecular weight is 254 g/mol. The number of carbonyl (C=O) groups is 2. The van der Waals surface area contributed by atoms with Crippen molar-refractivity contribution in [2.24, 2.45) is 5.92 Å². The third-order valence-corrected chi connectivity index (χ3v) is 3.83. The molecule has 2 rings (SSSR count). The lowest BCUT2D eigenvalue weighted by Crippen LogP contribution is -2.50. The molecule has 0 spiro atoms. The van der Waals surface area contributed by atoms with Crippen LogP contribution in [-0.2, 0) is 4.79 Å². The first kappa shape index (κ1) is 13.2. The fraction of sp³-hybridized carbons (Fsp3) is 0.846. The van der Waals surface area contributed by atoms with E-state index in [-0.39, 0.29) is 6.03 Å². The van der Waals surface area contributed by atoms with Gasteiger partial charge in [-0.3, -0.25) is 0 Å². The van der Waals surface area contributed by atoms with E-state index in [4.69, 9.17) is 5.11 Å². The summed E-state index contributed by atoms with van der Waals surface area (Å²) >= 11 is 0. The van der Waals surface area contributed by atoms with Gasteiger partial charge in [-0.05, 0) is 38.0 Å². The smallest absolute Gasteiger partial charge is 0.326 e. The highest BCUT2D eigenvalue weighted by Crippen LogP contribution is 2.35. The molecule has 0 aliphatic heterocycles. The van der Waals surface area contributed by atoms with Crippen molar-refractivity contribution in [2.45, 2.75) is 51.1 Å². The van der Waals surface area contributed by atoms with Crippen LogP contribution in [0.5, 0.6) is 0 Å². The summed E-state index contributed by atoms with van der Waals surface area (Å²) in [5.41, 5.74) is 0. The van der Waals surface area contributed by atoms with Crippen molar-refractivity contribution in [1.82, 2.24) is 9.80 Å². The first-order valence-corrected chi connectivity index (χ1v) is 6.80. The molecule has 2 aliphatic rings. The molecule has 0 saturated heterocycles. The van der Waals surface area contributed by atoms with Gasteiger partial charge in [0.1, 0.15) is 6.04 Å². The maximum Gasteiger partial charge on any atom is 0.326 e. The number of likely N-dealkylation sites (N-methyl/N-ethyl adjacent to an activating group) is 1. The summed E-state index contributed by atoms with van der Waals surface area (Å²) in [7, 11) is 1.60. The van der Waals surface area contributed by atoms with E-state index in [0.717, 1.165) is 19.4 Å². The number of carbonyl (C=O) groups excluding carboxylic acids is 1. The average Bonchev–Trinajstić information content (AvgIpc) is 3.16. The number of urea groups is 1. The zero-order valence-corrected chi connectivity index (χ0v) is 11.1. The normalized spacial score (nSPS) is 20.3.